The molecule has 0 atom stereocenters. The minimum absolute atomic E-state index is 0.162. The molecule has 6 heteroatoms. The maximum absolute atomic E-state index is 12.5. The number of hydrogen-bond acceptors (Lipinski definition) is 5. The van der Waals surface area contributed by atoms with Gasteiger partial charge < -0.3 is 15.0 Å². The number of nitrogens with zero attached hydrogens (tertiary/aromatic N) is 3. The summed E-state index contributed by atoms with van der Waals surface area (Å²) in [5, 5.41) is 12.4. The van der Waals surface area contributed by atoms with Crippen molar-refractivity contribution in [2.75, 3.05) is 46.4 Å². The van der Waals surface area contributed by atoms with Crippen molar-refractivity contribution in [3.05, 3.63) is 11.8 Å². The fourth-order valence-electron chi connectivity index (χ4n) is 3.37. The van der Waals surface area contributed by atoms with E-state index in [0.717, 1.165) is 58.7 Å². The van der Waals surface area contributed by atoms with Gasteiger partial charge in [0.1, 0.15) is 11.6 Å². The number of carbonyl (C=O) groups is 1. The number of hydrogen-bond donors (Lipinski definition) is 1. The van der Waals surface area contributed by atoms with E-state index in [1.54, 1.807) is 11.1 Å². The van der Waals surface area contributed by atoms with Gasteiger partial charge in [0.05, 0.1) is 13.2 Å². The summed E-state index contributed by atoms with van der Waals surface area (Å²) in [7, 11) is 1.82. The Morgan fingerprint density at radius 2 is 2.04 bits per heavy atom. The van der Waals surface area contributed by atoms with Gasteiger partial charge in [0.2, 0.25) is 0 Å². The van der Waals surface area contributed by atoms with Crippen LogP contribution in [0.25, 0.3) is 0 Å². The lowest BCUT2D eigenvalue weighted by Crippen LogP contribution is -2.39. The number of nitrogens with one attached hydrogen (secondary N) is 1. The lowest BCUT2D eigenvalue weighted by atomic mass is 9.94. The minimum atomic E-state index is -0.162. The maximum atomic E-state index is 12.5. The molecule has 0 spiro atoms. The molecule has 0 aromatic rings. The van der Waals surface area contributed by atoms with E-state index in [1.807, 2.05) is 13.1 Å². The quantitative estimate of drug-likeness (QED) is 0.434. The highest BCUT2D eigenvalue weighted by Crippen LogP contribution is 2.22. The van der Waals surface area contributed by atoms with E-state index in [4.69, 9.17) is 4.74 Å². The topological polar surface area (TPSA) is 68.6 Å². The largest absolute Gasteiger partial charge is 0.390 e. The number of amides is 1. The highest BCUT2D eigenvalue weighted by atomic mass is 16.5. The van der Waals surface area contributed by atoms with Crippen molar-refractivity contribution in [3.8, 4) is 6.07 Å². The van der Waals surface area contributed by atoms with E-state index in [9.17, 15) is 10.1 Å². The molecular weight excluding hydrogens is 304 g/mol. The van der Waals surface area contributed by atoms with E-state index < -0.39 is 0 Å². The van der Waals surface area contributed by atoms with E-state index in [0.29, 0.717) is 0 Å². The third-order valence-corrected chi connectivity index (χ3v) is 4.94. The van der Waals surface area contributed by atoms with Crippen LogP contribution in [-0.2, 0) is 9.53 Å². The second-order valence-electron chi connectivity index (χ2n) is 6.64. The maximum Gasteiger partial charge on any atom is 0.265 e. The first-order valence-electron chi connectivity index (χ1n) is 9.13. The van der Waals surface area contributed by atoms with Crippen molar-refractivity contribution in [3.63, 3.8) is 0 Å². The fraction of sp³-hybridized carbons (Fsp3) is 0.778. The average molecular weight is 334 g/mol. The first kappa shape index (κ1) is 18.8. The predicted molar refractivity (Wildman–Crippen MR) is 93.2 cm³/mol. The Morgan fingerprint density at radius 1 is 1.33 bits per heavy atom. The third kappa shape index (κ3) is 5.81. The van der Waals surface area contributed by atoms with Gasteiger partial charge in [0.15, 0.2) is 0 Å². The Bertz CT molecular complexity index is 460. The van der Waals surface area contributed by atoms with Crippen LogP contribution in [0.1, 0.15) is 38.5 Å². The molecule has 1 aliphatic heterocycles. The first-order valence-corrected chi connectivity index (χ1v) is 9.13. The van der Waals surface area contributed by atoms with Crippen LogP contribution in [0.3, 0.4) is 0 Å². The van der Waals surface area contributed by atoms with Crippen LogP contribution in [0.5, 0.6) is 0 Å². The number of likely N-dealkylation sites (N-methyl/N-ethyl adjacent to an activating group) is 1. The summed E-state index contributed by atoms with van der Waals surface area (Å²) >= 11 is 0. The van der Waals surface area contributed by atoms with Gasteiger partial charge in [-0.05, 0) is 25.8 Å². The van der Waals surface area contributed by atoms with Crippen LogP contribution in [-0.4, -0.2) is 68.2 Å². The van der Waals surface area contributed by atoms with Crippen molar-refractivity contribution in [1.82, 2.24) is 15.1 Å². The highest BCUT2D eigenvalue weighted by Gasteiger charge is 2.24. The van der Waals surface area contributed by atoms with E-state index in [1.165, 1.54) is 19.3 Å². The standard InChI is InChI=1S/C18H30N4O2/c1-21(17-6-3-2-4-7-17)18(23)16(14-19)15-20-8-5-9-22-10-12-24-13-11-22/h15,17,20H,2-13H2,1H3/b16-15-. The van der Waals surface area contributed by atoms with Gasteiger partial charge in [-0.3, -0.25) is 9.69 Å². The van der Waals surface area contributed by atoms with Crippen molar-refractivity contribution >= 4 is 5.91 Å². The lowest BCUT2D eigenvalue weighted by molar-refractivity contribution is -0.128. The SMILES string of the molecule is CN(C(=O)/C(C#N)=C\NCCCN1CCOCC1)C1CCCCC1. The van der Waals surface area contributed by atoms with Crippen molar-refractivity contribution in [1.29, 1.82) is 5.26 Å². The van der Waals surface area contributed by atoms with Gasteiger partial charge in [0.25, 0.3) is 5.91 Å². The average Bonchev–Trinajstić information content (AvgIpc) is 2.65. The molecule has 2 fully saturated rings. The second-order valence-corrected chi connectivity index (χ2v) is 6.64. The summed E-state index contributed by atoms with van der Waals surface area (Å²) in [5.41, 5.74) is 0.203. The van der Waals surface area contributed by atoms with Crippen LogP contribution < -0.4 is 5.32 Å². The molecule has 0 bridgehead atoms. The van der Waals surface area contributed by atoms with Gasteiger partial charge >= 0.3 is 0 Å². The van der Waals surface area contributed by atoms with Crippen LogP contribution >= 0.6 is 0 Å². The predicted octanol–water partition coefficient (Wildman–Crippen LogP) is 1.50. The molecule has 134 valence electrons. The van der Waals surface area contributed by atoms with Crippen LogP contribution in [0, 0.1) is 11.3 Å². The van der Waals surface area contributed by atoms with E-state index in [2.05, 4.69) is 10.2 Å². The Kier molecular flexibility index (Phi) is 8.06. The summed E-state index contributed by atoms with van der Waals surface area (Å²) in [5.74, 6) is -0.162. The number of morpholine rings is 1. The molecule has 2 rings (SSSR count). The molecule has 24 heavy (non-hydrogen) atoms. The van der Waals surface area contributed by atoms with Gasteiger partial charge in [-0.1, -0.05) is 19.3 Å². The molecule has 0 unspecified atom stereocenters. The van der Waals surface area contributed by atoms with Crippen molar-refractivity contribution in [2.24, 2.45) is 0 Å². The molecule has 1 heterocycles. The molecule has 2 aliphatic rings. The van der Waals surface area contributed by atoms with Gasteiger partial charge in [-0.25, -0.2) is 0 Å². The number of rotatable bonds is 7. The molecule has 1 saturated carbocycles. The van der Waals surface area contributed by atoms with Crippen LogP contribution in [0.4, 0.5) is 0 Å². The van der Waals surface area contributed by atoms with Crippen LogP contribution in [0.15, 0.2) is 11.8 Å². The summed E-state index contributed by atoms with van der Waals surface area (Å²) in [6.07, 6.45) is 8.27. The zero-order valence-electron chi connectivity index (χ0n) is 14.8. The fourth-order valence-corrected chi connectivity index (χ4v) is 3.37. The second kappa shape index (κ2) is 10.3. The monoisotopic (exact) mass is 334 g/mol. The minimum Gasteiger partial charge on any atom is -0.390 e. The molecule has 6 nitrogen and oxygen atoms in total. The first-order chi connectivity index (χ1) is 11.7. The summed E-state index contributed by atoms with van der Waals surface area (Å²) < 4.78 is 5.33. The number of nitriles is 1. The summed E-state index contributed by atoms with van der Waals surface area (Å²) in [4.78, 5) is 16.6. The van der Waals surface area contributed by atoms with E-state index >= 15 is 0 Å². The lowest BCUT2D eigenvalue weighted by Gasteiger charge is -2.31. The zero-order chi connectivity index (χ0) is 17.2. The van der Waals surface area contributed by atoms with Crippen molar-refractivity contribution in [2.45, 2.75) is 44.6 Å². The number of ether oxygens (including phenoxy) is 1. The number of carbonyl (C=O) groups excluding carboxylic acids is 1. The Balaban J connectivity index is 1.71. The molecule has 0 aromatic carbocycles. The zero-order valence-corrected chi connectivity index (χ0v) is 14.8. The summed E-state index contributed by atoms with van der Waals surface area (Å²) in [6.45, 7) is 5.39. The van der Waals surface area contributed by atoms with Crippen LogP contribution in [0.2, 0.25) is 0 Å². The Labute approximate surface area is 145 Å². The van der Waals surface area contributed by atoms with E-state index in [-0.39, 0.29) is 17.5 Å². The van der Waals surface area contributed by atoms with Gasteiger partial charge in [-0.2, -0.15) is 5.26 Å². The van der Waals surface area contributed by atoms with Gasteiger partial charge in [0, 0.05) is 38.9 Å². The molecule has 1 amide bonds. The Hall–Kier alpha value is -1.58. The normalized spacial score (nSPS) is 20.4. The molecule has 0 aromatic heterocycles. The highest BCUT2D eigenvalue weighted by molar-refractivity contribution is 5.97. The third-order valence-electron chi connectivity index (χ3n) is 4.94. The smallest absolute Gasteiger partial charge is 0.265 e. The van der Waals surface area contributed by atoms with Gasteiger partial charge in [-0.15, -0.1) is 0 Å². The van der Waals surface area contributed by atoms with Crippen molar-refractivity contribution < 1.29 is 9.53 Å². The molecule has 1 aliphatic carbocycles. The summed E-state index contributed by atoms with van der Waals surface area (Å²) in [6, 6.07) is 2.32. The molecule has 1 saturated heterocycles. The Morgan fingerprint density at radius 3 is 2.71 bits per heavy atom. The molecular formula is C18H30N4O2. The molecule has 0 radical (unpaired) electrons. The molecule has 1 N–H and O–H groups in total.